The average molecular weight is 194 g/mol. The lowest BCUT2D eigenvalue weighted by Gasteiger charge is -1.64. The molecule has 0 spiro atoms. The van der Waals surface area contributed by atoms with Gasteiger partial charge in [-0.3, -0.25) is 8.78 Å². The van der Waals surface area contributed by atoms with E-state index in [-0.39, 0.29) is 6.67 Å². The molecule has 0 saturated carbocycles. The van der Waals surface area contributed by atoms with E-state index in [1.807, 2.05) is 0 Å². The molecule has 0 rings (SSSR count). The van der Waals surface area contributed by atoms with Crippen molar-refractivity contribution in [3.05, 3.63) is 0 Å². The number of rotatable bonds is 1. The maximum Gasteiger partial charge on any atom is 0.227 e. The van der Waals surface area contributed by atoms with Gasteiger partial charge in [-0.25, -0.2) is 4.39 Å². The summed E-state index contributed by atoms with van der Waals surface area (Å²) >= 11 is 0. The first-order valence-corrected chi connectivity index (χ1v) is 3.48. The number of halogens is 4. The third-order valence-electron chi connectivity index (χ3n) is 0.0412. The lowest BCUT2D eigenvalue weighted by Crippen LogP contribution is -1.63. The summed E-state index contributed by atoms with van der Waals surface area (Å²) in [5, 5.41) is 0. The van der Waals surface area contributed by atoms with Gasteiger partial charge in [0.1, 0.15) is 0 Å². The van der Waals surface area contributed by atoms with E-state index in [0.717, 1.165) is 0 Å². The fourth-order valence-electron chi connectivity index (χ4n) is 0. The maximum atomic E-state index is 10.3. The summed E-state index contributed by atoms with van der Waals surface area (Å²) in [6, 6.07) is 0. The summed E-state index contributed by atoms with van der Waals surface area (Å²) in [4.78, 5) is 2.38. The monoisotopic (exact) mass is 194 g/mol. The Balaban J connectivity index is -0.0000000368. The summed E-state index contributed by atoms with van der Waals surface area (Å²) < 4.78 is 39.8. The highest BCUT2D eigenvalue weighted by Gasteiger charge is 1.62. The first-order valence-electron chi connectivity index (χ1n) is 3.48. The molecule has 0 heterocycles. The van der Waals surface area contributed by atoms with E-state index >= 15 is 0 Å². The predicted molar refractivity (Wildman–Crippen MR) is 42.8 cm³/mol. The SMILES string of the molecule is CCC.CCF.CF.FCOF. The van der Waals surface area contributed by atoms with Gasteiger partial charge in [0.05, 0.1) is 13.9 Å². The second kappa shape index (κ2) is 73.9. The van der Waals surface area contributed by atoms with Crippen LogP contribution in [0.4, 0.5) is 17.7 Å². The Hall–Kier alpha value is -0.320. The molecule has 0 saturated heterocycles. The molecule has 1 nitrogen and oxygen atoms in total. The topological polar surface area (TPSA) is 9.23 Å². The Morgan fingerprint density at radius 3 is 1.08 bits per heavy atom. The highest BCUT2D eigenvalue weighted by atomic mass is 19.3. The normalized spacial score (nSPS) is 6.00. The van der Waals surface area contributed by atoms with Crippen molar-refractivity contribution in [3.8, 4) is 0 Å². The molecule has 0 radical (unpaired) electrons. The summed E-state index contributed by atoms with van der Waals surface area (Å²) in [6.07, 6.45) is 1.25. The zero-order valence-electron chi connectivity index (χ0n) is 8.04. The van der Waals surface area contributed by atoms with Crippen LogP contribution in [0.1, 0.15) is 27.2 Å². The second-order valence-corrected chi connectivity index (χ2v) is 1.19. The molecule has 0 N–H and O–H groups in total. The molecule has 0 aliphatic rings. The van der Waals surface area contributed by atoms with Crippen LogP contribution in [0.2, 0.25) is 0 Å². The van der Waals surface area contributed by atoms with Crippen molar-refractivity contribution in [2.45, 2.75) is 27.2 Å². The van der Waals surface area contributed by atoms with Crippen LogP contribution in [-0.4, -0.2) is 20.7 Å². The van der Waals surface area contributed by atoms with Crippen molar-refractivity contribution in [3.63, 3.8) is 0 Å². The van der Waals surface area contributed by atoms with Gasteiger partial charge in [0.25, 0.3) is 0 Å². The molecule has 0 bridgehead atoms. The van der Waals surface area contributed by atoms with E-state index in [0.29, 0.717) is 7.18 Å². The van der Waals surface area contributed by atoms with E-state index in [1.165, 1.54) is 13.3 Å². The molecular formula is C7H18F4O. The van der Waals surface area contributed by atoms with Gasteiger partial charge in [-0.15, -0.1) is 0 Å². The molecule has 0 unspecified atom stereocenters. The molecule has 0 amide bonds. The molecule has 0 aromatic rings. The van der Waals surface area contributed by atoms with Crippen LogP contribution < -0.4 is 0 Å². The van der Waals surface area contributed by atoms with Crippen LogP contribution in [-0.2, 0) is 4.94 Å². The van der Waals surface area contributed by atoms with E-state index in [9.17, 15) is 17.7 Å². The number of alkyl halides is 3. The van der Waals surface area contributed by atoms with Crippen molar-refractivity contribution in [1.29, 1.82) is 0 Å². The van der Waals surface area contributed by atoms with Gasteiger partial charge in [-0.05, 0) is 11.4 Å². The lowest BCUT2D eigenvalue weighted by atomic mass is 10.6. The summed E-state index contributed by atoms with van der Waals surface area (Å²) in [6.45, 7) is 4.11. The standard InChI is InChI=1S/C3H8.C2H5F.CH2F2O.CH3F/c1-3-2;1-2-3;2-1-4-3;1-2/h3H2,1-2H3;2H2,1H3;1H2;1H3. The first-order chi connectivity index (χ1) is 5.74. The van der Waals surface area contributed by atoms with Gasteiger partial charge in [0.2, 0.25) is 6.86 Å². The minimum Gasteiger partial charge on any atom is -0.255 e. The van der Waals surface area contributed by atoms with Gasteiger partial charge in [0, 0.05) is 0 Å². The average Bonchev–Trinajstić information content (AvgIpc) is 2.10. The zero-order valence-corrected chi connectivity index (χ0v) is 8.04. The van der Waals surface area contributed by atoms with E-state index in [2.05, 4.69) is 18.8 Å². The zero-order chi connectivity index (χ0) is 10.8. The minimum atomic E-state index is -1.35. The largest absolute Gasteiger partial charge is 0.255 e. The molecule has 12 heavy (non-hydrogen) atoms. The highest BCUT2D eigenvalue weighted by molar-refractivity contribution is 3.92. The Labute approximate surface area is 71.6 Å². The summed E-state index contributed by atoms with van der Waals surface area (Å²) in [5.74, 6) is 0. The van der Waals surface area contributed by atoms with Gasteiger partial charge >= 0.3 is 0 Å². The van der Waals surface area contributed by atoms with Crippen molar-refractivity contribution in [1.82, 2.24) is 0 Å². The number of hydrogen-bond donors (Lipinski definition) is 0. The first kappa shape index (κ1) is 22.6. The maximum absolute atomic E-state index is 10.3. The van der Waals surface area contributed by atoms with E-state index in [4.69, 9.17) is 0 Å². The van der Waals surface area contributed by atoms with E-state index in [1.54, 1.807) is 0 Å². The Kier molecular flexibility index (Phi) is 139. The van der Waals surface area contributed by atoms with Gasteiger partial charge in [0.15, 0.2) is 0 Å². The highest BCUT2D eigenvalue weighted by Crippen LogP contribution is 1.67. The fraction of sp³-hybridized carbons (Fsp3) is 1.00. The fourth-order valence-corrected chi connectivity index (χ4v) is 0. The van der Waals surface area contributed by atoms with Crippen molar-refractivity contribution >= 4 is 0 Å². The van der Waals surface area contributed by atoms with Crippen LogP contribution in [0.25, 0.3) is 0 Å². The third kappa shape index (κ3) is 1580. The molecule has 5 heteroatoms. The van der Waals surface area contributed by atoms with Crippen LogP contribution in [0.15, 0.2) is 0 Å². The Bertz CT molecular complexity index is 27.4. The minimum absolute atomic E-state index is 0.250. The molecule has 0 aromatic carbocycles. The number of hydrogen-bond acceptors (Lipinski definition) is 1. The predicted octanol–water partition coefficient (Wildman–Crippen LogP) is 3.79. The molecule has 0 aliphatic heterocycles. The van der Waals surface area contributed by atoms with Gasteiger partial charge in [-0.1, -0.05) is 20.3 Å². The lowest BCUT2D eigenvalue weighted by molar-refractivity contribution is -0.167. The van der Waals surface area contributed by atoms with Gasteiger partial charge in [-0.2, -0.15) is 4.94 Å². The summed E-state index contributed by atoms with van der Waals surface area (Å²) in [7, 11) is 0.500. The quantitative estimate of drug-likeness (QED) is 0.577. The van der Waals surface area contributed by atoms with Crippen molar-refractivity contribution in [2.75, 3.05) is 20.7 Å². The van der Waals surface area contributed by atoms with Crippen LogP contribution in [0.3, 0.4) is 0 Å². The van der Waals surface area contributed by atoms with Crippen LogP contribution in [0.5, 0.6) is 0 Å². The Morgan fingerprint density at radius 1 is 1.00 bits per heavy atom. The van der Waals surface area contributed by atoms with Crippen LogP contribution >= 0.6 is 0 Å². The molecule has 0 atom stereocenters. The summed E-state index contributed by atoms with van der Waals surface area (Å²) in [5.41, 5.74) is 0. The third-order valence-corrected chi connectivity index (χ3v) is 0.0412. The molecule has 80 valence electrons. The van der Waals surface area contributed by atoms with Crippen molar-refractivity contribution < 1.29 is 22.6 Å². The van der Waals surface area contributed by atoms with Crippen molar-refractivity contribution in [2.24, 2.45) is 0 Å². The van der Waals surface area contributed by atoms with E-state index < -0.39 is 6.86 Å². The molecular weight excluding hydrogens is 176 g/mol. The second-order valence-electron chi connectivity index (χ2n) is 1.19. The Morgan fingerprint density at radius 2 is 1.08 bits per heavy atom. The smallest absolute Gasteiger partial charge is 0.227 e. The van der Waals surface area contributed by atoms with Crippen LogP contribution in [0, 0.1) is 0 Å². The molecule has 0 fully saturated rings. The molecule has 0 aliphatic carbocycles. The molecule has 0 aromatic heterocycles. The van der Waals surface area contributed by atoms with Gasteiger partial charge < -0.3 is 0 Å².